The van der Waals surface area contributed by atoms with E-state index in [1.165, 1.54) is 50.5 Å². The molecule has 2 atom stereocenters. The minimum absolute atomic E-state index is 0.944. The van der Waals surface area contributed by atoms with E-state index in [4.69, 9.17) is 0 Å². The second-order valence-corrected chi connectivity index (χ2v) is 5.15. The van der Waals surface area contributed by atoms with Gasteiger partial charge in [0.15, 0.2) is 0 Å². The van der Waals surface area contributed by atoms with Crippen LogP contribution in [0.25, 0.3) is 0 Å². The van der Waals surface area contributed by atoms with Crippen LogP contribution >= 0.6 is 0 Å². The Labute approximate surface area is 88.1 Å². The lowest BCUT2D eigenvalue weighted by atomic mass is 9.63. The second kappa shape index (κ2) is 4.33. The van der Waals surface area contributed by atoms with Crippen molar-refractivity contribution in [2.75, 3.05) is 0 Å². The third kappa shape index (κ3) is 1.94. The van der Waals surface area contributed by atoms with Crippen molar-refractivity contribution in [1.82, 2.24) is 0 Å². The van der Waals surface area contributed by atoms with E-state index in [1.807, 2.05) is 0 Å². The number of rotatable bonds is 3. The summed E-state index contributed by atoms with van der Waals surface area (Å²) in [5.74, 6) is 2.92. The molecule has 0 aromatic carbocycles. The van der Waals surface area contributed by atoms with Crippen LogP contribution in [0.15, 0.2) is 24.8 Å². The fourth-order valence-electron chi connectivity index (χ4n) is 3.35. The van der Waals surface area contributed by atoms with Gasteiger partial charge >= 0.3 is 0 Å². The van der Waals surface area contributed by atoms with Crippen LogP contribution in [0.4, 0.5) is 0 Å². The minimum Gasteiger partial charge on any atom is -0.103 e. The van der Waals surface area contributed by atoms with Crippen LogP contribution in [0.1, 0.15) is 44.9 Å². The highest BCUT2D eigenvalue weighted by Gasteiger charge is 2.35. The summed E-state index contributed by atoms with van der Waals surface area (Å²) >= 11 is 0. The van der Waals surface area contributed by atoms with E-state index in [9.17, 15) is 0 Å². The molecular weight excluding hydrogens is 168 g/mol. The molecule has 78 valence electrons. The molecule has 0 aliphatic heterocycles. The average molecular weight is 190 g/mol. The summed E-state index contributed by atoms with van der Waals surface area (Å²) in [5, 5.41) is 0. The molecule has 0 saturated heterocycles. The molecule has 0 radical (unpaired) electrons. The minimum atomic E-state index is 0.944. The van der Waals surface area contributed by atoms with E-state index in [1.54, 1.807) is 0 Å². The summed E-state index contributed by atoms with van der Waals surface area (Å²) in [7, 11) is 0. The lowest BCUT2D eigenvalue weighted by molar-refractivity contribution is 0.134. The molecule has 2 aliphatic rings. The Kier molecular flexibility index (Phi) is 3.10. The zero-order chi connectivity index (χ0) is 9.97. The molecule has 14 heavy (non-hydrogen) atoms. The molecule has 2 rings (SSSR count). The first kappa shape index (κ1) is 10.0. The van der Waals surface area contributed by atoms with Crippen LogP contribution < -0.4 is 0 Å². The molecule has 0 unspecified atom stereocenters. The molecule has 0 N–H and O–H groups in total. The van der Waals surface area contributed by atoms with Gasteiger partial charge in [-0.25, -0.2) is 0 Å². The van der Waals surface area contributed by atoms with E-state index in [2.05, 4.69) is 19.2 Å². The summed E-state index contributed by atoms with van der Waals surface area (Å²) in [4.78, 5) is 0. The Morgan fingerprint density at radius 3 is 2.57 bits per heavy atom. The van der Waals surface area contributed by atoms with Gasteiger partial charge < -0.3 is 0 Å². The van der Waals surface area contributed by atoms with Crippen molar-refractivity contribution in [1.29, 1.82) is 0 Å². The van der Waals surface area contributed by atoms with Crippen LogP contribution in [-0.4, -0.2) is 0 Å². The smallest absolute Gasteiger partial charge is 0.0289 e. The molecule has 0 amide bonds. The van der Waals surface area contributed by atoms with Gasteiger partial charge in [0.05, 0.1) is 0 Å². The van der Waals surface area contributed by atoms with Crippen molar-refractivity contribution in [3.63, 3.8) is 0 Å². The molecule has 0 spiro atoms. The maximum atomic E-state index is 4.06. The van der Waals surface area contributed by atoms with Crippen molar-refractivity contribution in [3.8, 4) is 0 Å². The van der Waals surface area contributed by atoms with E-state index >= 15 is 0 Å². The van der Waals surface area contributed by atoms with Gasteiger partial charge in [0.1, 0.15) is 0 Å². The van der Waals surface area contributed by atoms with Gasteiger partial charge in [-0.1, -0.05) is 31.1 Å². The first-order valence-corrected chi connectivity index (χ1v) is 6.09. The van der Waals surface area contributed by atoms with Crippen LogP contribution in [0, 0.1) is 17.8 Å². The first-order chi connectivity index (χ1) is 6.81. The molecule has 0 heteroatoms. The molecule has 2 fully saturated rings. The van der Waals surface area contributed by atoms with Gasteiger partial charge in [0.2, 0.25) is 0 Å². The Morgan fingerprint density at radius 1 is 1.21 bits per heavy atom. The van der Waals surface area contributed by atoms with Gasteiger partial charge in [0.25, 0.3) is 0 Å². The summed E-state index contributed by atoms with van der Waals surface area (Å²) < 4.78 is 0. The van der Waals surface area contributed by atoms with Crippen molar-refractivity contribution in [2.24, 2.45) is 17.8 Å². The van der Waals surface area contributed by atoms with E-state index in [0.29, 0.717) is 0 Å². The normalized spacial score (nSPS) is 33.9. The predicted molar refractivity (Wildman–Crippen MR) is 62.1 cm³/mol. The number of allylic oxidation sites excluding steroid dienone is 2. The highest BCUT2D eigenvalue weighted by atomic mass is 14.4. The highest BCUT2D eigenvalue weighted by molar-refractivity contribution is 5.10. The van der Waals surface area contributed by atoms with Crippen LogP contribution in [0.2, 0.25) is 0 Å². The molecule has 2 aliphatic carbocycles. The van der Waals surface area contributed by atoms with E-state index < -0.39 is 0 Å². The zero-order valence-corrected chi connectivity index (χ0v) is 9.17. The third-order valence-electron chi connectivity index (χ3n) is 4.14. The van der Waals surface area contributed by atoms with E-state index in [0.717, 1.165) is 17.8 Å². The summed E-state index contributed by atoms with van der Waals surface area (Å²) in [6, 6.07) is 0. The largest absolute Gasteiger partial charge is 0.103 e. The van der Waals surface area contributed by atoms with Crippen LogP contribution in [0.5, 0.6) is 0 Å². The van der Waals surface area contributed by atoms with Gasteiger partial charge in [-0.15, -0.1) is 6.58 Å². The SMILES string of the molecule is C=CC[C@@H]1CCCC[C@@H]1C1CC(=C)C1. The molecule has 0 aromatic heterocycles. The van der Waals surface area contributed by atoms with Crippen molar-refractivity contribution in [3.05, 3.63) is 24.8 Å². The molecular formula is C14H22. The lowest BCUT2D eigenvalue weighted by Crippen LogP contribution is -2.31. The van der Waals surface area contributed by atoms with Crippen molar-refractivity contribution in [2.45, 2.75) is 44.9 Å². The second-order valence-electron chi connectivity index (χ2n) is 5.15. The zero-order valence-electron chi connectivity index (χ0n) is 9.17. The Morgan fingerprint density at radius 2 is 1.93 bits per heavy atom. The topological polar surface area (TPSA) is 0 Å². The molecule has 0 aromatic rings. The van der Waals surface area contributed by atoms with Gasteiger partial charge in [0, 0.05) is 0 Å². The fraction of sp³-hybridized carbons (Fsp3) is 0.714. The summed E-state index contributed by atoms with van der Waals surface area (Å²) in [5.41, 5.74) is 1.48. The van der Waals surface area contributed by atoms with Crippen LogP contribution in [-0.2, 0) is 0 Å². The maximum Gasteiger partial charge on any atom is -0.0289 e. The monoisotopic (exact) mass is 190 g/mol. The van der Waals surface area contributed by atoms with Crippen molar-refractivity contribution < 1.29 is 0 Å². The highest BCUT2D eigenvalue weighted by Crippen LogP contribution is 2.46. The molecule has 2 saturated carbocycles. The van der Waals surface area contributed by atoms with Crippen LogP contribution in [0.3, 0.4) is 0 Å². The Hall–Kier alpha value is -0.520. The Bertz CT molecular complexity index is 218. The predicted octanol–water partition coefficient (Wildman–Crippen LogP) is 4.34. The van der Waals surface area contributed by atoms with Gasteiger partial charge in [-0.05, 0) is 49.9 Å². The third-order valence-corrected chi connectivity index (χ3v) is 4.14. The lowest BCUT2D eigenvalue weighted by Gasteiger charge is -2.42. The average Bonchev–Trinajstić information content (AvgIpc) is 2.15. The Balaban J connectivity index is 1.92. The quantitative estimate of drug-likeness (QED) is 0.581. The number of hydrogen-bond acceptors (Lipinski definition) is 0. The first-order valence-electron chi connectivity index (χ1n) is 6.09. The van der Waals surface area contributed by atoms with Gasteiger partial charge in [-0.3, -0.25) is 0 Å². The van der Waals surface area contributed by atoms with Gasteiger partial charge in [-0.2, -0.15) is 0 Å². The summed E-state index contributed by atoms with van der Waals surface area (Å²) in [6.07, 6.45) is 11.8. The maximum absolute atomic E-state index is 4.06. The van der Waals surface area contributed by atoms with Crippen molar-refractivity contribution >= 4 is 0 Å². The molecule has 0 nitrogen and oxygen atoms in total. The molecule has 0 bridgehead atoms. The standard InChI is InChI=1S/C14H22/c1-3-6-12-7-4-5-8-14(12)13-9-11(2)10-13/h3,12-14H,1-2,4-10H2/t12-,14+/m1/s1. The molecule has 0 heterocycles. The number of hydrogen-bond donors (Lipinski definition) is 0. The van der Waals surface area contributed by atoms with E-state index in [-0.39, 0.29) is 0 Å². The fourth-order valence-corrected chi connectivity index (χ4v) is 3.35. The summed E-state index contributed by atoms with van der Waals surface area (Å²) in [6.45, 7) is 7.95.